The number of aromatic nitrogens is 1. The summed E-state index contributed by atoms with van der Waals surface area (Å²) >= 11 is 13.3. The van der Waals surface area contributed by atoms with Gasteiger partial charge < -0.3 is 14.0 Å². The third-order valence-electron chi connectivity index (χ3n) is 2.85. The summed E-state index contributed by atoms with van der Waals surface area (Å²) in [7, 11) is 1.36. The van der Waals surface area contributed by atoms with E-state index in [0.717, 1.165) is 5.56 Å². The van der Waals surface area contributed by atoms with E-state index in [2.05, 4.69) is 9.73 Å². The van der Waals surface area contributed by atoms with Crippen LogP contribution in [0.1, 0.15) is 5.56 Å². The molecule has 24 heavy (non-hydrogen) atoms. The van der Waals surface area contributed by atoms with Gasteiger partial charge in [-0.3, -0.25) is 4.79 Å². The van der Waals surface area contributed by atoms with Gasteiger partial charge in [0.15, 0.2) is 11.4 Å². The van der Waals surface area contributed by atoms with Crippen LogP contribution in [0.25, 0.3) is 0 Å². The summed E-state index contributed by atoms with van der Waals surface area (Å²) in [6.07, 6.45) is 1.79. The third-order valence-corrected chi connectivity index (χ3v) is 4.24. The standard InChI is InChI=1S/C15H14Cl2N2O4S/c1-22-9-14(21)23-8-13(20)18-15-19(4-5-24-15)7-10-2-3-11(16)6-12(10)17/h2-6H,7-9H2,1H3. The number of thiazole rings is 1. The molecule has 1 aromatic carbocycles. The second-order valence-electron chi connectivity index (χ2n) is 4.65. The van der Waals surface area contributed by atoms with Crippen LogP contribution >= 0.6 is 34.5 Å². The normalized spacial score (nSPS) is 11.5. The molecule has 1 heterocycles. The van der Waals surface area contributed by atoms with Crippen molar-refractivity contribution >= 4 is 46.4 Å². The van der Waals surface area contributed by atoms with Gasteiger partial charge in [0.2, 0.25) is 0 Å². The average molecular weight is 389 g/mol. The Balaban J connectivity index is 2.09. The minimum atomic E-state index is -0.618. The molecule has 0 saturated carbocycles. The summed E-state index contributed by atoms with van der Waals surface area (Å²) in [5, 5.41) is 2.89. The van der Waals surface area contributed by atoms with Gasteiger partial charge in [-0.15, -0.1) is 11.3 Å². The Morgan fingerprint density at radius 1 is 1.29 bits per heavy atom. The van der Waals surface area contributed by atoms with Gasteiger partial charge in [0.1, 0.15) is 6.61 Å². The first kappa shape index (κ1) is 18.7. The number of ether oxygens (including phenoxy) is 2. The van der Waals surface area contributed by atoms with Gasteiger partial charge in [-0.25, -0.2) is 4.79 Å². The van der Waals surface area contributed by atoms with Crippen LogP contribution in [0.2, 0.25) is 10.0 Å². The summed E-state index contributed by atoms with van der Waals surface area (Å²) in [4.78, 5) is 27.4. The Hall–Kier alpha value is -1.67. The molecule has 1 aromatic heterocycles. The quantitative estimate of drug-likeness (QED) is 0.712. The maximum absolute atomic E-state index is 11.8. The lowest BCUT2D eigenvalue weighted by Crippen LogP contribution is -2.21. The van der Waals surface area contributed by atoms with E-state index >= 15 is 0 Å². The Kier molecular flexibility index (Phi) is 6.99. The van der Waals surface area contributed by atoms with E-state index in [1.165, 1.54) is 18.4 Å². The SMILES string of the molecule is COCC(=O)OCC(=O)N=c1sccn1Cc1ccc(Cl)cc1Cl. The van der Waals surface area contributed by atoms with Crippen molar-refractivity contribution in [1.82, 2.24) is 4.57 Å². The largest absolute Gasteiger partial charge is 0.454 e. The molecule has 1 amide bonds. The summed E-state index contributed by atoms with van der Waals surface area (Å²) in [5.41, 5.74) is 0.847. The summed E-state index contributed by atoms with van der Waals surface area (Å²) in [5.74, 6) is -1.18. The van der Waals surface area contributed by atoms with E-state index in [9.17, 15) is 9.59 Å². The number of hydrogen-bond donors (Lipinski definition) is 0. The number of halogens is 2. The Labute approximate surface area is 152 Å². The van der Waals surface area contributed by atoms with Crippen LogP contribution in [0.3, 0.4) is 0 Å². The van der Waals surface area contributed by atoms with Crippen molar-refractivity contribution in [2.45, 2.75) is 6.54 Å². The highest BCUT2D eigenvalue weighted by Crippen LogP contribution is 2.21. The molecule has 0 aliphatic heterocycles. The zero-order chi connectivity index (χ0) is 17.5. The predicted octanol–water partition coefficient (Wildman–Crippen LogP) is 2.52. The topological polar surface area (TPSA) is 69.9 Å². The van der Waals surface area contributed by atoms with Crippen LogP contribution in [-0.2, 0) is 25.6 Å². The Morgan fingerprint density at radius 3 is 2.79 bits per heavy atom. The third kappa shape index (κ3) is 5.45. The van der Waals surface area contributed by atoms with Crippen LogP contribution in [-0.4, -0.2) is 36.8 Å². The Morgan fingerprint density at radius 2 is 2.08 bits per heavy atom. The molecule has 0 spiro atoms. The highest BCUT2D eigenvalue weighted by Gasteiger charge is 2.08. The van der Waals surface area contributed by atoms with Crippen molar-refractivity contribution in [1.29, 1.82) is 0 Å². The van der Waals surface area contributed by atoms with E-state index in [1.807, 2.05) is 6.07 Å². The molecule has 128 valence electrons. The summed E-state index contributed by atoms with van der Waals surface area (Å²) in [6, 6.07) is 5.21. The maximum atomic E-state index is 11.8. The number of esters is 1. The second kappa shape index (κ2) is 8.98. The molecule has 0 fully saturated rings. The lowest BCUT2D eigenvalue weighted by Gasteiger charge is -2.06. The van der Waals surface area contributed by atoms with Crippen molar-refractivity contribution in [2.24, 2.45) is 4.99 Å². The first-order chi connectivity index (χ1) is 11.5. The van der Waals surface area contributed by atoms with E-state index in [4.69, 9.17) is 27.9 Å². The molecule has 0 saturated heterocycles. The fraction of sp³-hybridized carbons (Fsp3) is 0.267. The fourth-order valence-electron chi connectivity index (χ4n) is 1.78. The highest BCUT2D eigenvalue weighted by atomic mass is 35.5. The van der Waals surface area contributed by atoms with Gasteiger partial charge >= 0.3 is 5.97 Å². The highest BCUT2D eigenvalue weighted by molar-refractivity contribution is 7.07. The van der Waals surface area contributed by atoms with Crippen molar-refractivity contribution in [3.8, 4) is 0 Å². The number of amides is 1. The molecule has 0 N–H and O–H groups in total. The molecule has 0 radical (unpaired) electrons. The lowest BCUT2D eigenvalue weighted by molar-refractivity contribution is -0.151. The average Bonchev–Trinajstić information content (AvgIpc) is 2.95. The number of carbonyl (C=O) groups excluding carboxylic acids is 2. The van der Waals surface area contributed by atoms with Crippen LogP contribution in [0, 0.1) is 0 Å². The molecule has 0 aliphatic rings. The van der Waals surface area contributed by atoms with Gasteiger partial charge in [-0.1, -0.05) is 29.3 Å². The molecule has 0 bridgehead atoms. The molecular formula is C15H14Cl2N2O4S. The van der Waals surface area contributed by atoms with E-state index in [0.29, 0.717) is 21.4 Å². The fourth-order valence-corrected chi connectivity index (χ4v) is 2.99. The first-order valence-corrected chi connectivity index (χ1v) is 8.43. The van der Waals surface area contributed by atoms with Crippen LogP contribution < -0.4 is 4.80 Å². The van der Waals surface area contributed by atoms with Crippen LogP contribution in [0.15, 0.2) is 34.8 Å². The molecule has 2 aromatic rings. The minimum absolute atomic E-state index is 0.207. The van der Waals surface area contributed by atoms with Gasteiger partial charge in [-0.05, 0) is 17.7 Å². The number of methoxy groups -OCH3 is 1. The number of hydrogen-bond acceptors (Lipinski definition) is 5. The van der Waals surface area contributed by atoms with Crippen LogP contribution in [0.5, 0.6) is 0 Å². The van der Waals surface area contributed by atoms with Gasteiger partial charge in [0.25, 0.3) is 5.91 Å². The second-order valence-corrected chi connectivity index (χ2v) is 6.37. The molecule has 2 rings (SSSR count). The number of nitrogens with zero attached hydrogens (tertiary/aromatic N) is 2. The van der Waals surface area contributed by atoms with Gasteiger partial charge in [0.05, 0.1) is 6.54 Å². The van der Waals surface area contributed by atoms with Gasteiger partial charge in [-0.2, -0.15) is 4.99 Å². The molecule has 0 aliphatic carbocycles. The smallest absolute Gasteiger partial charge is 0.332 e. The zero-order valence-electron chi connectivity index (χ0n) is 12.7. The van der Waals surface area contributed by atoms with Crippen molar-refractivity contribution in [3.63, 3.8) is 0 Å². The van der Waals surface area contributed by atoms with Crippen molar-refractivity contribution in [3.05, 3.63) is 50.2 Å². The Bertz CT molecular complexity index is 801. The van der Waals surface area contributed by atoms with Gasteiger partial charge in [0, 0.05) is 28.7 Å². The van der Waals surface area contributed by atoms with E-state index in [1.54, 1.807) is 28.3 Å². The molecular weight excluding hydrogens is 375 g/mol. The lowest BCUT2D eigenvalue weighted by atomic mass is 10.2. The first-order valence-electron chi connectivity index (χ1n) is 6.79. The molecule has 0 atom stereocenters. The maximum Gasteiger partial charge on any atom is 0.332 e. The van der Waals surface area contributed by atoms with Crippen molar-refractivity contribution < 1.29 is 19.1 Å². The van der Waals surface area contributed by atoms with Crippen LogP contribution in [0.4, 0.5) is 0 Å². The molecule has 0 unspecified atom stereocenters. The number of rotatable bonds is 6. The number of benzene rings is 1. The van der Waals surface area contributed by atoms with E-state index in [-0.39, 0.29) is 6.61 Å². The number of carbonyl (C=O) groups is 2. The monoisotopic (exact) mass is 388 g/mol. The molecule has 9 heteroatoms. The molecule has 6 nitrogen and oxygen atoms in total. The predicted molar refractivity (Wildman–Crippen MR) is 91.3 cm³/mol. The van der Waals surface area contributed by atoms with Crippen molar-refractivity contribution in [2.75, 3.05) is 20.3 Å². The minimum Gasteiger partial charge on any atom is -0.454 e. The zero-order valence-corrected chi connectivity index (χ0v) is 15.0. The summed E-state index contributed by atoms with van der Waals surface area (Å²) < 4.78 is 11.1. The summed E-state index contributed by atoms with van der Waals surface area (Å²) in [6.45, 7) is -0.196. The van der Waals surface area contributed by atoms with E-state index < -0.39 is 18.5 Å².